The SMILES string of the molecule is CCCCCCCCCCCCCCCC(=O)[C@](CCCCN)(C(=O)O)N(C(=O)CCCCN)C(=O)[C@@H](N)CCCCN. The summed E-state index contributed by atoms with van der Waals surface area (Å²) in [6, 6.07) is -1.11. The van der Waals surface area contributed by atoms with Crippen LogP contribution in [-0.4, -0.2) is 64.8 Å². The summed E-state index contributed by atoms with van der Waals surface area (Å²) in [7, 11) is 0. The number of carboxylic acids is 1. The van der Waals surface area contributed by atoms with Crippen molar-refractivity contribution in [2.45, 2.75) is 166 Å². The van der Waals surface area contributed by atoms with E-state index in [1.165, 1.54) is 51.4 Å². The van der Waals surface area contributed by atoms with Crippen LogP contribution in [0.15, 0.2) is 0 Å². The van der Waals surface area contributed by atoms with Crippen molar-refractivity contribution in [3.05, 3.63) is 0 Å². The summed E-state index contributed by atoms with van der Waals surface area (Å²) in [5.74, 6) is -3.61. The van der Waals surface area contributed by atoms with Crippen molar-refractivity contribution in [2.24, 2.45) is 22.9 Å². The van der Waals surface area contributed by atoms with Gasteiger partial charge < -0.3 is 28.0 Å². The van der Waals surface area contributed by atoms with Gasteiger partial charge in [0.1, 0.15) is 0 Å². The van der Waals surface area contributed by atoms with E-state index in [1.54, 1.807) is 0 Å². The number of carbonyl (C=O) groups excluding carboxylic acids is 3. The highest BCUT2D eigenvalue weighted by Crippen LogP contribution is 2.30. The molecule has 10 nitrogen and oxygen atoms in total. The zero-order valence-corrected chi connectivity index (χ0v) is 27.3. The molecule has 9 N–H and O–H groups in total. The first-order chi connectivity index (χ1) is 20.7. The zero-order valence-electron chi connectivity index (χ0n) is 27.3. The van der Waals surface area contributed by atoms with Gasteiger partial charge in [-0.15, -0.1) is 0 Å². The first kappa shape index (κ1) is 41.1. The number of rotatable bonds is 30. The van der Waals surface area contributed by atoms with Gasteiger partial charge in [0, 0.05) is 12.8 Å². The Kier molecular flexibility index (Phi) is 25.4. The van der Waals surface area contributed by atoms with E-state index >= 15 is 0 Å². The van der Waals surface area contributed by atoms with E-state index in [4.69, 9.17) is 22.9 Å². The van der Waals surface area contributed by atoms with E-state index in [2.05, 4.69) is 6.92 Å². The normalized spacial score (nSPS) is 13.4. The molecule has 2 amide bonds. The largest absolute Gasteiger partial charge is 0.479 e. The van der Waals surface area contributed by atoms with Crippen LogP contribution in [0.2, 0.25) is 0 Å². The number of amides is 2. The molecule has 0 aromatic carbocycles. The molecule has 0 aromatic heterocycles. The van der Waals surface area contributed by atoms with Gasteiger partial charge in [-0.2, -0.15) is 0 Å². The van der Waals surface area contributed by atoms with Crippen molar-refractivity contribution >= 4 is 23.6 Å². The maximum atomic E-state index is 13.8. The second-order valence-corrected chi connectivity index (χ2v) is 12.0. The van der Waals surface area contributed by atoms with Crippen molar-refractivity contribution in [1.29, 1.82) is 0 Å². The molecule has 43 heavy (non-hydrogen) atoms. The minimum atomic E-state index is -2.30. The summed E-state index contributed by atoms with van der Waals surface area (Å²) in [5.41, 5.74) is 20.7. The number of carbonyl (C=O) groups is 4. The summed E-state index contributed by atoms with van der Waals surface area (Å²) >= 11 is 0. The van der Waals surface area contributed by atoms with E-state index in [9.17, 15) is 24.3 Å². The van der Waals surface area contributed by atoms with Gasteiger partial charge in [-0.05, 0) is 71.0 Å². The van der Waals surface area contributed by atoms with Crippen molar-refractivity contribution in [3.8, 4) is 0 Å². The summed E-state index contributed by atoms with van der Waals surface area (Å²) in [6.07, 6.45) is 17.6. The number of Topliss-reactive ketones (excluding diaryl/α,β-unsaturated/α-hetero) is 1. The smallest absolute Gasteiger partial charge is 0.337 e. The van der Waals surface area contributed by atoms with E-state index in [-0.39, 0.29) is 32.1 Å². The van der Waals surface area contributed by atoms with Gasteiger partial charge in [0.2, 0.25) is 17.4 Å². The molecule has 0 rings (SSSR count). The highest BCUT2D eigenvalue weighted by molar-refractivity contribution is 6.15. The van der Waals surface area contributed by atoms with E-state index < -0.39 is 35.1 Å². The monoisotopic (exact) mass is 611 g/mol. The van der Waals surface area contributed by atoms with Gasteiger partial charge in [-0.1, -0.05) is 90.4 Å². The number of imide groups is 1. The Hall–Kier alpha value is -1.88. The fourth-order valence-corrected chi connectivity index (χ4v) is 5.59. The number of nitrogens with two attached hydrogens (primary N) is 4. The fraction of sp³-hybridized carbons (Fsp3) is 0.879. The number of nitrogens with zero attached hydrogens (tertiary/aromatic N) is 1. The first-order valence-electron chi connectivity index (χ1n) is 17.2. The Morgan fingerprint density at radius 2 is 1.07 bits per heavy atom. The second kappa shape index (κ2) is 26.5. The number of aliphatic carboxylic acids is 1. The molecule has 0 unspecified atom stereocenters. The molecular weight excluding hydrogens is 546 g/mol. The lowest BCUT2D eigenvalue weighted by molar-refractivity contribution is -0.172. The summed E-state index contributed by atoms with van der Waals surface area (Å²) < 4.78 is 0. The van der Waals surface area contributed by atoms with Crippen molar-refractivity contribution < 1.29 is 24.3 Å². The van der Waals surface area contributed by atoms with Crippen LogP contribution in [0.1, 0.15) is 155 Å². The second-order valence-electron chi connectivity index (χ2n) is 12.0. The van der Waals surface area contributed by atoms with Crippen molar-refractivity contribution in [2.75, 3.05) is 19.6 Å². The van der Waals surface area contributed by atoms with Crippen molar-refractivity contribution in [3.63, 3.8) is 0 Å². The molecule has 0 saturated heterocycles. The number of unbranched alkanes of at least 4 members (excludes halogenated alkanes) is 15. The Morgan fingerprint density at radius 3 is 1.56 bits per heavy atom. The molecule has 252 valence electrons. The molecular formula is C33H65N5O5. The van der Waals surface area contributed by atoms with Gasteiger partial charge in [0.05, 0.1) is 6.04 Å². The fourth-order valence-electron chi connectivity index (χ4n) is 5.59. The molecule has 0 aliphatic rings. The Balaban J connectivity index is 5.48. The van der Waals surface area contributed by atoms with Crippen LogP contribution in [0.4, 0.5) is 0 Å². The summed E-state index contributed by atoms with van der Waals surface area (Å²) in [6.45, 7) is 3.32. The lowest BCUT2D eigenvalue weighted by atomic mass is 9.82. The topological polar surface area (TPSA) is 196 Å². The first-order valence-corrected chi connectivity index (χ1v) is 17.2. The van der Waals surface area contributed by atoms with Crippen LogP contribution < -0.4 is 22.9 Å². The van der Waals surface area contributed by atoms with Crippen LogP contribution in [0.3, 0.4) is 0 Å². The molecule has 0 fully saturated rings. The molecule has 0 aromatic rings. The molecule has 0 saturated carbocycles. The molecule has 0 spiro atoms. The highest BCUT2D eigenvalue weighted by atomic mass is 16.4. The third-order valence-corrected chi connectivity index (χ3v) is 8.30. The van der Waals surface area contributed by atoms with Gasteiger partial charge in [-0.3, -0.25) is 19.3 Å². The standard InChI is InChI=1S/C33H65N5O5/c1-2-3-4-5-6-7-8-9-10-11-12-13-14-22-29(39)33(32(42)43,24-17-20-27-36)38(30(40)23-16-19-26-35)31(41)28(37)21-15-18-25-34/h28H,2-27,34-37H2,1H3,(H,42,43)/t28-,33+/m0/s1. The molecule has 0 heterocycles. The van der Waals surface area contributed by atoms with Crippen LogP contribution in [0, 0.1) is 0 Å². The predicted octanol–water partition coefficient (Wildman–Crippen LogP) is 4.93. The third kappa shape index (κ3) is 16.7. The third-order valence-electron chi connectivity index (χ3n) is 8.30. The minimum Gasteiger partial charge on any atom is -0.479 e. The number of carboxylic acid groups (broad SMARTS) is 1. The van der Waals surface area contributed by atoms with E-state index in [0.717, 1.165) is 25.7 Å². The van der Waals surface area contributed by atoms with E-state index in [1.807, 2.05) is 0 Å². The van der Waals surface area contributed by atoms with Gasteiger partial charge in [-0.25, -0.2) is 4.79 Å². The molecule has 0 aliphatic carbocycles. The van der Waals surface area contributed by atoms with Crippen LogP contribution >= 0.6 is 0 Å². The van der Waals surface area contributed by atoms with Crippen molar-refractivity contribution in [1.82, 2.24) is 4.90 Å². The average molecular weight is 612 g/mol. The Bertz CT molecular complexity index is 766. The quantitative estimate of drug-likeness (QED) is 0.0552. The Morgan fingerprint density at radius 1 is 0.628 bits per heavy atom. The van der Waals surface area contributed by atoms with E-state index in [0.29, 0.717) is 63.1 Å². The maximum Gasteiger partial charge on any atom is 0.337 e. The molecule has 0 aliphatic heterocycles. The lowest BCUT2D eigenvalue weighted by Crippen LogP contribution is -2.66. The molecule has 0 bridgehead atoms. The average Bonchev–Trinajstić information content (AvgIpc) is 2.98. The number of ketones is 1. The molecule has 2 atom stereocenters. The summed E-state index contributed by atoms with van der Waals surface area (Å²) in [5, 5.41) is 10.6. The maximum absolute atomic E-state index is 13.8. The zero-order chi connectivity index (χ0) is 32.3. The van der Waals surface area contributed by atoms with Crippen LogP contribution in [-0.2, 0) is 19.2 Å². The van der Waals surface area contributed by atoms with Crippen LogP contribution in [0.25, 0.3) is 0 Å². The Labute approximate surface area is 261 Å². The van der Waals surface area contributed by atoms with Gasteiger partial charge in [0.25, 0.3) is 0 Å². The predicted molar refractivity (Wildman–Crippen MR) is 174 cm³/mol. The minimum absolute atomic E-state index is 0.0189. The molecule has 0 radical (unpaired) electrons. The highest BCUT2D eigenvalue weighted by Gasteiger charge is 2.55. The van der Waals surface area contributed by atoms with Gasteiger partial charge >= 0.3 is 5.97 Å². The number of hydrogen-bond acceptors (Lipinski definition) is 8. The summed E-state index contributed by atoms with van der Waals surface area (Å²) in [4.78, 5) is 54.7. The molecule has 10 heteroatoms. The van der Waals surface area contributed by atoms with Gasteiger partial charge in [0.15, 0.2) is 5.78 Å². The number of hydrogen-bond donors (Lipinski definition) is 5. The van der Waals surface area contributed by atoms with Crippen LogP contribution in [0.5, 0.6) is 0 Å². The lowest BCUT2D eigenvalue weighted by Gasteiger charge is -2.39.